The van der Waals surface area contributed by atoms with Gasteiger partial charge < -0.3 is 10.6 Å². The van der Waals surface area contributed by atoms with Gasteiger partial charge in [0.25, 0.3) is 0 Å². The molecule has 5 aromatic rings. The highest BCUT2D eigenvalue weighted by Crippen LogP contribution is 2.35. The molecule has 0 radical (unpaired) electrons. The second-order valence-corrected chi connectivity index (χ2v) is 10.6. The van der Waals surface area contributed by atoms with E-state index in [1.165, 1.54) is 30.0 Å². The van der Waals surface area contributed by atoms with Crippen LogP contribution in [0.3, 0.4) is 0 Å². The van der Waals surface area contributed by atoms with Gasteiger partial charge in [-0.2, -0.15) is 13.2 Å². The molecule has 0 bridgehead atoms. The zero-order chi connectivity index (χ0) is 29.5. The average molecular weight is 588 g/mol. The summed E-state index contributed by atoms with van der Waals surface area (Å²) in [5.41, 5.74) is 2.65. The molecular formula is C32H28F3N5OS. The molecular weight excluding hydrogens is 559 g/mol. The molecule has 6 nitrogen and oxygen atoms in total. The number of hydrogen-bond donors (Lipinski definition) is 2. The maximum absolute atomic E-state index is 13.6. The number of aromatic nitrogens is 3. The third kappa shape index (κ3) is 7.19. The number of amides is 2. The molecule has 1 unspecified atom stereocenters. The number of alkyl halides is 3. The summed E-state index contributed by atoms with van der Waals surface area (Å²) >= 11 is 1.51. The minimum absolute atomic E-state index is 0.333. The number of halogens is 3. The van der Waals surface area contributed by atoms with Crippen LogP contribution >= 0.6 is 11.8 Å². The lowest BCUT2D eigenvalue weighted by molar-refractivity contribution is -0.136. The number of carbonyl (C=O) groups excluding carboxylic acids is 1. The Hall–Kier alpha value is -4.57. The van der Waals surface area contributed by atoms with Crippen LogP contribution in [0.15, 0.2) is 114 Å². The molecule has 4 aromatic carbocycles. The van der Waals surface area contributed by atoms with Crippen LogP contribution in [0.4, 0.5) is 23.7 Å². The summed E-state index contributed by atoms with van der Waals surface area (Å²) in [6, 6.07) is 30.7. The SMILES string of the molecule is Cc1ccc(-n2c(SCc3ccccc3)nnc2C(Cc2ccccc2)NC(=O)Nc2ccccc2C(F)(F)F)cc1. The number of hydrogen-bond acceptors (Lipinski definition) is 4. The van der Waals surface area contributed by atoms with Gasteiger partial charge in [0.15, 0.2) is 11.0 Å². The van der Waals surface area contributed by atoms with Gasteiger partial charge in [-0.3, -0.25) is 4.57 Å². The molecule has 1 heterocycles. The lowest BCUT2D eigenvalue weighted by Crippen LogP contribution is -2.35. The summed E-state index contributed by atoms with van der Waals surface area (Å²) in [5.74, 6) is 1.11. The van der Waals surface area contributed by atoms with Gasteiger partial charge in [0.05, 0.1) is 17.3 Å². The molecule has 0 aliphatic rings. The predicted octanol–water partition coefficient (Wildman–Crippen LogP) is 7.99. The molecule has 5 rings (SSSR count). The molecule has 0 aliphatic carbocycles. The Bertz CT molecular complexity index is 1620. The van der Waals surface area contributed by atoms with Crippen LogP contribution in [0, 0.1) is 6.92 Å². The normalized spacial score (nSPS) is 12.1. The topological polar surface area (TPSA) is 71.8 Å². The summed E-state index contributed by atoms with van der Waals surface area (Å²) in [6.45, 7) is 1.99. The fourth-order valence-electron chi connectivity index (χ4n) is 4.47. The second-order valence-electron chi connectivity index (χ2n) is 9.67. The first-order valence-corrected chi connectivity index (χ1v) is 14.2. The van der Waals surface area contributed by atoms with Crippen molar-refractivity contribution >= 4 is 23.5 Å². The van der Waals surface area contributed by atoms with Crippen LogP contribution in [-0.2, 0) is 18.3 Å². The van der Waals surface area contributed by atoms with Crippen molar-refractivity contribution in [1.29, 1.82) is 0 Å². The highest BCUT2D eigenvalue weighted by atomic mass is 32.2. The molecule has 0 fully saturated rings. The smallest absolute Gasteiger partial charge is 0.327 e. The minimum Gasteiger partial charge on any atom is -0.327 e. The highest BCUT2D eigenvalue weighted by molar-refractivity contribution is 7.98. The van der Waals surface area contributed by atoms with Crippen molar-refractivity contribution in [3.63, 3.8) is 0 Å². The Morgan fingerprint density at radius 3 is 2.12 bits per heavy atom. The molecule has 0 spiro atoms. The number of urea groups is 1. The van der Waals surface area contributed by atoms with E-state index in [-0.39, 0.29) is 5.69 Å². The van der Waals surface area contributed by atoms with E-state index in [2.05, 4.69) is 20.8 Å². The van der Waals surface area contributed by atoms with E-state index < -0.39 is 23.8 Å². The third-order valence-corrected chi connectivity index (χ3v) is 7.54. The Morgan fingerprint density at radius 1 is 0.833 bits per heavy atom. The lowest BCUT2D eigenvalue weighted by Gasteiger charge is -2.21. The van der Waals surface area contributed by atoms with E-state index in [0.717, 1.165) is 28.4 Å². The minimum atomic E-state index is -4.62. The number of para-hydroxylation sites is 1. The Morgan fingerprint density at radius 2 is 1.45 bits per heavy atom. The van der Waals surface area contributed by atoms with E-state index in [1.807, 2.05) is 96.4 Å². The first kappa shape index (κ1) is 28.9. The van der Waals surface area contributed by atoms with E-state index in [1.54, 1.807) is 0 Å². The predicted molar refractivity (Wildman–Crippen MR) is 159 cm³/mol. The number of anilines is 1. The standard InChI is InChI=1S/C32H28F3N5OS/c1-22-16-18-25(19-17-22)40-29(38-39-31(40)42-21-24-12-6-3-7-13-24)28(20-23-10-4-2-5-11-23)37-30(41)36-27-15-9-8-14-26(27)32(33,34)35/h2-19,28H,20-21H2,1H3,(H2,36,37,41). The summed E-state index contributed by atoms with van der Waals surface area (Å²) < 4.78 is 42.6. The van der Waals surface area contributed by atoms with Gasteiger partial charge in [-0.1, -0.05) is 102 Å². The second kappa shape index (κ2) is 12.9. The Balaban J connectivity index is 1.50. The van der Waals surface area contributed by atoms with Crippen LogP contribution in [-0.4, -0.2) is 20.8 Å². The highest BCUT2D eigenvalue weighted by Gasteiger charge is 2.34. The maximum Gasteiger partial charge on any atom is 0.418 e. The number of nitrogens with one attached hydrogen (secondary N) is 2. The van der Waals surface area contributed by atoms with Crippen molar-refractivity contribution in [1.82, 2.24) is 20.1 Å². The van der Waals surface area contributed by atoms with Gasteiger partial charge in [0, 0.05) is 17.9 Å². The van der Waals surface area contributed by atoms with E-state index in [4.69, 9.17) is 0 Å². The first-order chi connectivity index (χ1) is 20.3. The Labute approximate surface area is 246 Å². The van der Waals surface area contributed by atoms with Gasteiger partial charge in [-0.15, -0.1) is 10.2 Å². The summed E-state index contributed by atoms with van der Waals surface area (Å²) in [5, 5.41) is 14.9. The van der Waals surface area contributed by atoms with E-state index in [9.17, 15) is 18.0 Å². The van der Waals surface area contributed by atoms with Crippen molar-refractivity contribution in [3.8, 4) is 5.69 Å². The Kier molecular flexibility index (Phi) is 8.92. The quantitative estimate of drug-likeness (QED) is 0.172. The fraction of sp³-hybridized carbons (Fsp3) is 0.156. The summed E-state index contributed by atoms with van der Waals surface area (Å²) in [6.07, 6.45) is -4.29. The molecule has 10 heteroatoms. The first-order valence-electron chi connectivity index (χ1n) is 13.2. The van der Waals surface area contributed by atoms with Crippen LogP contribution in [0.1, 0.15) is 34.1 Å². The van der Waals surface area contributed by atoms with Crippen LogP contribution in [0.5, 0.6) is 0 Å². The van der Waals surface area contributed by atoms with Gasteiger partial charge in [0.2, 0.25) is 0 Å². The monoisotopic (exact) mass is 587 g/mol. The maximum atomic E-state index is 13.6. The number of benzene rings is 4. The number of rotatable bonds is 9. The molecule has 0 saturated carbocycles. The number of carbonyl (C=O) groups is 1. The van der Waals surface area contributed by atoms with Gasteiger partial charge in [-0.25, -0.2) is 4.79 Å². The van der Waals surface area contributed by atoms with Crippen molar-refractivity contribution in [3.05, 3.63) is 137 Å². The molecule has 214 valence electrons. The molecule has 1 atom stereocenters. The van der Waals surface area contributed by atoms with Crippen LogP contribution < -0.4 is 10.6 Å². The van der Waals surface area contributed by atoms with E-state index >= 15 is 0 Å². The van der Waals surface area contributed by atoms with Gasteiger partial charge in [0.1, 0.15) is 0 Å². The molecule has 42 heavy (non-hydrogen) atoms. The molecule has 2 N–H and O–H groups in total. The molecule has 0 saturated heterocycles. The average Bonchev–Trinajstić information content (AvgIpc) is 3.41. The van der Waals surface area contributed by atoms with Gasteiger partial charge in [-0.05, 0) is 42.3 Å². The van der Waals surface area contributed by atoms with Crippen molar-refractivity contribution < 1.29 is 18.0 Å². The number of aryl methyl sites for hydroxylation is 1. The fourth-order valence-corrected chi connectivity index (χ4v) is 5.39. The van der Waals surface area contributed by atoms with Crippen LogP contribution in [0.25, 0.3) is 5.69 Å². The van der Waals surface area contributed by atoms with Crippen molar-refractivity contribution in [2.75, 3.05) is 5.32 Å². The molecule has 0 aliphatic heterocycles. The summed E-state index contributed by atoms with van der Waals surface area (Å²) in [7, 11) is 0. The third-order valence-electron chi connectivity index (χ3n) is 6.54. The van der Waals surface area contributed by atoms with Crippen molar-refractivity contribution in [2.24, 2.45) is 0 Å². The zero-order valence-corrected chi connectivity index (χ0v) is 23.5. The molecule has 1 aromatic heterocycles. The molecule has 2 amide bonds. The lowest BCUT2D eigenvalue weighted by atomic mass is 10.1. The number of thioether (sulfide) groups is 1. The van der Waals surface area contributed by atoms with Crippen LogP contribution in [0.2, 0.25) is 0 Å². The van der Waals surface area contributed by atoms with Crippen molar-refractivity contribution in [2.45, 2.75) is 36.5 Å². The number of nitrogens with zero attached hydrogens (tertiary/aromatic N) is 3. The zero-order valence-electron chi connectivity index (χ0n) is 22.7. The largest absolute Gasteiger partial charge is 0.418 e. The van der Waals surface area contributed by atoms with Gasteiger partial charge >= 0.3 is 12.2 Å². The summed E-state index contributed by atoms with van der Waals surface area (Å²) in [4.78, 5) is 13.2. The van der Waals surface area contributed by atoms with E-state index in [0.29, 0.717) is 23.2 Å².